The number of hydrogen-bond acceptors (Lipinski definition) is 6. The summed E-state index contributed by atoms with van der Waals surface area (Å²) in [6, 6.07) is 1.96. The maximum absolute atomic E-state index is 12.4. The number of nitrogens with one attached hydrogen (secondary N) is 1. The summed E-state index contributed by atoms with van der Waals surface area (Å²) < 4.78 is 11.4. The smallest absolute Gasteiger partial charge is 0.261 e. The maximum Gasteiger partial charge on any atom is 0.261 e. The monoisotopic (exact) mass is 382 g/mol. The lowest BCUT2D eigenvalue weighted by Gasteiger charge is -2.43. The van der Waals surface area contributed by atoms with E-state index in [1.807, 2.05) is 13.0 Å². The Kier molecular flexibility index (Phi) is 6.29. The minimum Gasteiger partial charge on any atom is -0.387 e. The van der Waals surface area contributed by atoms with E-state index >= 15 is 0 Å². The van der Waals surface area contributed by atoms with Crippen LogP contribution in [-0.4, -0.2) is 67.9 Å². The van der Waals surface area contributed by atoms with Crippen molar-refractivity contribution in [3.8, 4) is 0 Å². The number of aliphatic hydroxyl groups excluding tert-OH is 1. The lowest BCUT2D eigenvalue weighted by atomic mass is 9.82. The number of aliphatic hydroxyl groups is 1. The van der Waals surface area contributed by atoms with Crippen molar-refractivity contribution in [2.75, 3.05) is 46.1 Å². The molecule has 2 N–H and O–H groups in total. The fourth-order valence-electron chi connectivity index (χ4n) is 3.63. The first-order chi connectivity index (χ1) is 12.6. The molecule has 0 unspecified atom stereocenters. The quantitative estimate of drug-likeness (QED) is 0.714. The highest BCUT2D eigenvalue weighted by Gasteiger charge is 2.43. The van der Waals surface area contributed by atoms with Gasteiger partial charge < -0.3 is 24.8 Å². The molecule has 0 bridgehead atoms. The number of likely N-dealkylation sites (tertiary alicyclic amines) is 1. The molecular weight excluding hydrogens is 356 g/mol. The molecule has 0 saturated carbocycles. The largest absolute Gasteiger partial charge is 0.387 e. The van der Waals surface area contributed by atoms with Crippen molar-refractivity contribution in [2.24, 2.45) is 0 Å². The Hall–Kier alpha value is -1.48. The van der Waals surface area contributed by atoms with Crippen molar-refractivity contribution < 1.29 is 24.2 Å². The molecule has 3 rings (SSSR count). The third kappa shape index (κ3) is 3.93. The van der Waals surface area contributed by atoms with E-state index in [4.69, 9.17) is 14.6 Å². The Labute approximate surface area is 157 Å². The van der Waals surface area contributed by atoms with E-state index in [2.05, 4.69) is 5.32 Å². The molecule has 0 aromatic carbocycles. The zero-order chi connectivity index (χ0) is 18.6. The fourth-order valence-corrected chi connectivity index (χ4v) is 4.78. The van der Waals surface area contributed by atoms with E-state index in [-0.39, 0.29) is 11.8 Å². The van der Waals surface area contributed by atoms with Gasteiger partial charge in [-0.15, -0.1) is 11.3 Å². The van der Waals surface area contributed by atoms with Crippen LogP contribution in [0.4, 0.5) is 0 Å². The first-order valence-corrected chi connectivity index (χ1v) is 9.93. The molecule has 1 fully saturated rings. The van der Waals surface area contributed by atoms with Gasteiger partial charge >= 0.3 is 0 Å². The van der Waals surface area contributed by atoms with Gasteiger partial charge in [0.15, 0.2) is 0 Å². The third-order valence-electron chi connectivity index (χ3n) is 5.03. The second-order valence-electron chi connectivity index (χ2n) is 6.53. The second kappa shape index (κ2) is 8.47. The number of hydrogen-bond donors (Lipinski definition) is 2. The van der Waals surface area contributed by atoms with Crippen molar-refractivity contribution in [2.45, 2.75) is 31.8 Å². The Morgan fingerprint density at radius 1 is 1.42 bits per heavy atom. The summed E-state index contributed by atoms with van der Waals surface area (Å²) >= 11 is 1.53. The van der Waals surface area contributed by atoms with Crippen LogP contribution in [0.1, 0.15) is 39.9 Å². The van der Waals surface area contributed by atoms with Crippen molar-refractivity contribution in [1.82, 2.24) is 10.2 Å². The number of rotatable bonds is 6. The van der Waals surface area contributed by atoms with E-state index in [0.717, 1.165) is 12.0 Å². The maximum atomic E-state index is 12.4. The fraction of sp³-hybridized carbons (Fsp3) is 0.667. The van der Waals surface area contributed by atoms with Gasteiger partial charge in [-0.05, 0) is 31.4 Å². The van der Waals surface area contributed by atoms with Gasteiger partial charge in [-0.1, -0.05) is 0 Å². The molecule has 2 aliphatic heterocycles. The number of carbonyl (C=O) groups is 2. The van der Waals surface area contributed by atoms with Crippen LogP contribution in [0.3, 0.4) is 0 Å². The summed E-state index contributed by atoms with van der Waals surface area (Å²) in [4.78, 5) is 27.7. The van der Waals surface area contributed by atoms with E-state index in [1.54, 1.807) is 4.90 Å². The van der Waals surface area contributed by atoms with Crippen molar-refractivity contribution in [3.05, 3.63) is 21.4 Å². The molecule has 1 aromatic rings. The topological polar surface area (TPSA) is 88.1 Å². The van der Waals surface area contributed by atoms with Crippen LogP contribution in [-0.2, 0) is 26.3 Å². The Bertz CT molecular complexity index is 652. The highest BCUT2D eigenvalue weighted by atomic mass is 32.1. The van der Waals surface area contributed by atoms with Gasteiger partial charge in [0.1, 0.15) is 6.61 Å². The first-order valence-electron chi connectivity index (χ1n) is 9.11. The summed E-state index contributed by atoms with van der Waals surface area (Å²) in [5, 5.41) is 11.9. The van der Waals surface area contributed by atoms with Gasteiger partial charge in [-0.2, -0.15) is 0 Å². The highest BCUT2D eigenvalue weighted by Crippen LogP contribution is 2.44. The third-order valence-corrected chi connectivity index (χ3v) is 6.22. The lowest BCUT2D eigenvalue weighted by molar-refractivity contribution is -0.143. The summed E-state index contributed by atoms with van der Waals surface area (Å²) in [7, 11) is 0. The number of fused-ring (bicyclic) bond motifs is 2. The SMILES string of the molecule is CCOCCNC(=O)c1cc2c(s1)CCOC21CCN(C(=O)CO)CC1. The van der Waals surface area contributed by atoms with Crippen LogP contribution in [0.5, 0.6) is 0 Å². The molecule has 7 nitrogen and oxygen atoms in total. The number of carbonyl (C=O) groups excluding carboxylic acids is 2. The molecule has 144 valence electrons. The molecule has 0 atom stereocenters. The van der Waals surface area contributed by atoms with Gasteiger partial charge in [0.2, 0.25) is 5.91 Å². The average Bonchev–Trinajstić information content (AvgIpc) is 3.11. The molecule has 1 spiro atoms. The molecule has 3 heterocycles. The van der Waals surface area contributed by atoms with Crippen molar-refractivity contribution in [1.29, 1.82) is 0 Å². The summed E-state index contributed by atoms with van der Waals surface area (Å²) in [6.07, 6.45) is 2.19. The summed E-state index contributed by atoms with van der Waals surface area (Å²) in [5.41, 5.74) is 0.681. The van der Waals surface area contributed by atoms with E-state index < -0.39 is 12.2 Å². The summed E-state index contributed by atoms with van der Waals surface area (Å²) in [5.74, 6) is -0.317. The van der Waals surface area contributed by atoms with Gasteiger partial charge in [-0.3, -0.25) is 9.59 Å². The van der Waals surface area contributed by atoms with Gasteiger partial charge in [0.05, 0.1) is 23.7 Å². The van der Waals surface area contributed by atoms with Gasteiger partial charge in [-0.25, -0.2) is 0 Å². The molecule has 26 heavy (non-hydrogen) atoms. The van der Waals surface area contributed by atoms with Crippen LogP contribution < -0.4 is 5.32 Å². The Morgan fingerprint density at radius 3 is 2.88 bits per heavy atom. The van der Waals surface area contributed by atoms with Crippen LogP contribution >= 0.6 is 11.3 Å². The van der Waals surface area contributed by atoms with E-state index in [0.29, 0.717) is 57.2 Å². The normalized spacial score (nSPS) is 18.6. The minimum absolute atomic E-state index is 0.0767. The Balaban J connectivity index is 1.69. The number of thiophene rings is 1. The molecule has 0 aliphatic carbocycles. The Morgan fingerprint density at radius 2 is 2.19 bits per heavy atom. The molecule has 0 radical (unpaired) electrons. The zero-order valence-corrected chi connectivity index (χ0v) is 15.9. The summed E-state index contributed by atoms with van der Waals surface area (Å²) in [6.45, 7) is 4.86. The molecule has 8 heteroatoms. The molecular formula is C18H26N2O5S. The van der Waals surface area contributed by atoms with Gasteiger partial charge in [0, 0.05) is 37.5 Å². The number of piperidine rings is 1. The van der Waals surface area contributed by atoms with E-state index in [9.17, 15) is 9.59 Å². The van der Waals surface area contributed by atoms with Crippen LogP contribution in [0.25, 0.3) is 0 Å². The average molecular weight is 382 g/mol. The van der Waals surface area contributed by atoms with Crippen LogP contribution in [0.2, 0.25) is 0 Å². The first kappa shape index (κ1) is 19.3. The number of amides is 2. The predicted octanol–water partition coefficient (Wildman–Crippen LogP) is 0.897. The van der Waals surface area contributed by atoms with Crippen molar-refractivity contribution in [3.63, 3.8) is 0 Å². The lowest BCUT2D eigenvalue weighted by Crippen LogP contribution is -2.48. The number of ether oxygens (including phenoxy) is 2. The highest BCUT2D eigenvalue weighted by molar-refractivity contribution is 7.14. The standard InChI is InChI=1S/C18H26N2O5S/c1-2-24-10-6-19-17(23)15-11-13-14(26-15)3-9-25-18(13)4-7-20(8-5-18)16(22)12-21/h11,21H,2-10,12H2,1H3,(H,19,23). The zero-order valence-electron chi connectivity index (χ0n) is 15.1. The minimum atomic E-state index is -0.455. The second-order valence-corrected chi connectivity index (χ2v) is 7.67. The predicted molar refractivity (Wildman–Crippen MR) is 97.4 cm³/mol. The van der Waals surface area contributed by atoms with Gasteiger partial charge in [0.25, 0.3) is 5.91 Å². The molecule has 1 saturated heterocycles. The van der Waals surface area contributed by atoms with Crippen molar-refractivity contribution >= 4 is 23.2 Å². The molecule has 1 aromatic heterocycles. The van der Waals surface area contributed by atoms with Crippen LogP contribution in [0, 0.1) is 0 Å². The van der Waals surface area contributed by atoms with Crippen LogP contribution in [0.15, 0.2) is 6.07 Å². The molecule has 2 aliphatic rings. The molecule has 2 amide bonds. The number of nitrogens with zero attached hydrogens (tertiary/aromatic N) is 1. The van der Waals surface area contributed by atoms with E-state index in [1.165, 1.54) is 16.2 Å².